The maximum Gasteiger partial charge on any atom is 0.117 e. The van der Waals surface area contributed by atoms with Crippen LogP contribution in [0.1, 0.15) is 25.3 Å². The molecular formula is C18H28N2O3. The first-order valence-electron chi connectivity index (χ1n) is 8.15. The Balaban J connectivity index is 1.91. The number of aliphatic hydroxyl groups is 1. The topological polar surface area (TPSA) is 50.8 Å². The summed E-state index contributed by atoms with van der Waals surface area (Å²) in [6.45, 7) is 7.21. The quantitative estimate of drug-likeness (QED) is 0.731. The number of rotatable bonds is 10. The van der Waals surface area contributed by atoms with Gasteiger partial charge in [0.15, 0.2) is 0 Å². The molecule has 5 heteroatoms. The van der Waals surface area contributed by atoms with Crippen LogP contribution in [0.25, 0.3) is 0 Å². The molecule has 0 radical (unpaired) electrons. The van der Waals surface area contributed by atoms with Crippen LogP contribution >= 0.6 is 0 Å². The van der Waals surface area contributed by atoms with Crippen molar-refractivity contribution in [2.24, 2.45) is 13.0 Å². The van der Waals surface area contributed by atoms with Gasteiger partial charge in [-0.3, -0.25) is 4.90 Å². The van der Waals surface area contributed by atoms with E-state index in [0.717, 1.165) is 12.3 Å². The fourth-order valence-electron chi connectivity index (χ4n) is 2.49. The van der Waals surface area contributed by atoms with Crippen molar-refractivity contribution in [1.29, 1.82) is 0 Å². The maximum absolute atomic E-state index is 10.3. The van der Waals surface area contributed by atoms with Gasteiger partial charge in [-0.25, -0.2) is 0 Å². The zero-order chi connectivity index (χ0) is 16.7. The van der Waals surface area contributed by atoms with Gasteiger partial charge in [-0.2, -0.15) is 0 Å². The van der Waals surface area contributed by atoms with Crippen LogP contribution in [0.5, 0.6) is 0 Å². The van der Waals surface area contributed by atoms with Gasteiger partial charge < -0.3 is 18.8 Å². The lowest BCUT2D eigenvalue weighted by molar-refractivity contribution is 0.00429. The maximum atomic E-state index is 10.3. The van der Waals surface area contributed by atoms with Crippen molar-refractivity contribution in [2.75, 3.05) is 19.8 Å². The predicted molar refractivity (Wildman–Crippen MR) is 89.9 cm³/mol. The lowest BCUT2D eigenvalue weighted by Gasteiger charge is -2.24. The summed E-state index contributed by atoms with van der Waals surface area (Å²) < 4.78 is 13.1. The number of nitrogens with zero attached hydrogens (tertiary/aromatic N) is 2. The van der Waals surface area contributed by atoms with Crippen molar-refractivity contribution in [1.82, 2.24) is 9.47 Å². The van der Waals surface area contributed by atoms with Gasteiger partial charge in [0.05, 0.1) is 25.5 Å². The number of aryl methyl sites for hydroxylation is 1. The number of aromatic nitrogens is 1. The second-order valence-electron chi connectivity index (χ2n) is 6.44. The number of ether oxygens (including phenoxy) is 1. The summed E-state index contributed by atoms with van der Waals surface area (Å²) in [6, 6.07) is 7.97. The first-order chi connectivity index (χ1) is 11.0. The molecule has 2 heterocycles. The Hall–Kier alpha value is -1.56. The van der Waals surface area contributed by atoms with Crippen molar-refractivity contribution in [3.63, 3.8) is 0 Å². The van der Waals surface area contributed by atoms with Crippen LogP contribution in [0.4, 0.5) is 0 Å². The Morgan fingerprint density at radius 1 is 1.22 bits per heavy atom. The third-order valence-corrected chi connectivity index (χ3v) is 3.63. The number of furan rings is 1. The van der Waals surface area contributed by atoms with Gasteiger partial charge in [-0.05, 0) is 30.2 Å². The summed E-state index contributed by atoms with van der Waals surface area (Å²) in [5, 5.41) is 10.3. The van der Waals surface area contributed by atoms with E-state index in [9.17, 15) is 5.11 Å². The third-order valence-electron chi connectivity index (χ3n) is 3.63. The van der Waals surface area contributed by atoms with Crippen molar-refractivity contribution in [3.8, 4) is 0 Å². The smallest absolute Gasteiger partial charge is 0.117 e. The molecule has 0 aromatic carbocycles. The molecule has 23 heavy (non-hydrogen) atoms. The van der Waals surface area contributed by atoms with E-state index in [2.05, 4.69) is 29.4 Å². The first kappa shape index (κ1) is 17.8. The van der Waals surface area contributed by atoms with Crippen molar-refractivity contribution in [2.45, 2.75) is 33.0 Å². The second-order valence-corrected chi connectivity index (χ2v) is 6.44. The fourth-order valence-corrected chi connectivity index (χ4v) is 2.49. The van der Waals surface area contributed by atoms with E-state index in [1.165, 1.54) is 5.69 Å². The van der Waals surface area contributed by atoms with Gasteiger partial charge in [0.25, 0.3) is 0 Å². The molecule has 0 aliphatic heterocycles. The standard InChI is InChI=1S/C18H28N2O3/c1-15(2)13-22-14-17(21)11-20(12-18-7-5-9-23-18)10-16-6-4-8-19(16)3/h4-9,15,17,21H,10-14H2,1-3H3. The summed E-state index contributed by atoms with van der Waals surface area (Å²) in [5.74, 6) is 1.37. The Morgan fingerprint density at radius 3 is 2.65 bits per heavy atom. The van der Waals surface area contributed by atoms with Gasteiger partial charge in [0, 0.05) is 38.6 Å². The molecule has 1 unspecified atom stereocenters. The molecule has 128 valence electrons. The molecular weight excluding hydrogens is 292 g/mol. The van der Waals surface area contributed by atoms with E-state index in [0.29, 0.717) is 32.2 Å². The van der Waals surface area contributed by atoms with Gasteiger partial charge in [-0.15, -0.1) is 0 Å². The van der Waals surface area contributed by atoms with Crippen LogP contribution in [-0.2, 0) is 24.9 Å². The summed E-state index contributed by atoms with van der Waals surface area (Å²) in [4.78, 5) is 2.18. The normalized spacial score (nSPS) is 13.1. The van der Waals surface area contributed by atoms with E-state index in [-0.39, 0.29) is 0 Å². The Morgan fingerprint density at radius 2 is 2.04 bits per heavy atom. The van der Waals surface area contributed by atoms with Gasteiger partial charge in [-0.1, -0.05) is 13.8 Å². The molecule has 2 rings (SSSR count). The minimum Gasteiger partial charge on any atom is -0.468 e. The minimum absolute atomic E-state index is 0.361. The molecule has 2 aromatic rings. The van der Waals surface area contributed by atoms with Crippen molar-refractivity contribution >= 4 is 0 Å². The summed E-state index contributed by atoms with van der Waals surface area (Å²) in [6.07, 6.45) is 3.20. The molecule has 2 aromatic heterocycles. The SMILES string of the molecule is CC(C)COCC(O)CN(Cc1ccco1)Cc1cccn1C. The van der Waals surface area contributed by atoms with Crippen LogP contribution in [0, 0.1) is 5.92 Å². The largest absolute Gasteiger partial charge is 0.468 e. The van der Waals surface area contributed by atoms with Crippen LogP contribution in [0.15, 0.2) is 41.1 Å². The molecule has 0 amide bonds. The number of hydrogen-bond donors (Lipinski definition) is 1. The molecule has 1 N–H and O–H groups in total. The summed E-state index contributed by atoms with van der Waals surface area (Å²) in [7, 11) is 2.03. The van der Waals surface area contributed by atoms with Gasteiger partial charge in [0.2, 0.25) is 0 Å². The zero-order valence-corrected chi connectivity index (χ0v) is 14.3. The molecule has 0 fully saturated rings. The lowest BCUT2D eigenvalue weighted by Crippen LogP contribution is -2.35. The van der Waals surface area contributed by atoms with Crippen LogP contribution < -0.4 is 0 Å². The van der Waals surface area contributed by atoms with Crippen LogP contribution in [-0.4, -0.2) is 40.4 Å². The summed E-state index contributed by atoms with van der Waals surface area (Å²) in [5.41, 5.74) is 1.20. The molecule has 0 saturated heterocycles. The van der Waals surface area contributed by atoms with E-state index in [4.69, 9.17) is 9.15 Å². The zero-order valence-electron chi connectivity index (χ0n) is 14.3. The highest BCUT2D eigenvalue weighted by Crippen LogP contribution is 2.11. The molecule has 0 saturated carbocycles. The Labute approximate surface area is 138 Å². The van der Waals surface area contributed by atoms with E-state index in [1.807, 2.05) is 31.4 Å². The second kappa shape index (κ2) is 8.91. The van der Waals surface area contributed by atoms with Crippen LogP contribution in [0.2, 0.25) is 0 Å². The van der Waals surface area contributed by atoms with Gasteiger partial charge >= 0.3 is 0 Å². The Kier molecular flexibility index (Phi) is 6.89. The fraction of sp³-hybridized carbons (Fsp3) is 0.556. The van der Waals surface area contributed by atoms with Crippen molar-refractivity contribution < 1.29 is 14.3 Å². The molecule has 0 aliphatic rings. The predicted octanol–water partition coefficient (Wildman–Crippen LogP) is 2.65. The number of aliphatic hydroxyl groups excluding tert-OH is 1. The van der Waals surface area contributed by atoms with Crippen LogP contribution in [0.3, 0.4) is 0 Å². The molecule has 1 atom stereocenters. The minimum atomic E-state index is -0.510. The highest BCUT2D eigenvalue weighted by molar-refractivity contribution is 5.07. The highest BCUT2D eigenvalue weighted by atomic mass is 16.5. The van der Waals surface area contributed by atoms with E-state index >= 15 is 0 Å². The van der Waals surface area contributed by atoms with Gasteiger partial charge in [0.1, 0.15) is 5.76 Å². The number of hydrogen-bond acceptors (Lipinski definition) is 4. The molecule has 0 aliphatic carbocycles. The average Bonchev–Trinajstić information content (AvgIpc) is 3.11. The first-order valence-corrected chi connectivity index (χ1v) is 8.15. The monoisotopic (exact) mass is 320 g/mol. The van der Waals surface area contributed by atoms with E-state index in [1.54, 1.807) is 6.26 Å². The summed E-state index contributed by atoms with van der Waals surface area (Å²) >= 11 is 0. The lowest BCUT2D eigenvalue weighted by atomic mass is 10.2. The molecule has 0 bridgehead atoms. The molecule has 5 nitrogen and oxygen atoms in total. The van der Waals surface area contributed by atoms with Crippen molar-refractivity contribution in [3.05, 3.63) is 48.2 Å². The highest BCUT2D eigenvalue weighted by Gasteiger charge is 2.15. The Bertz CT molecular complexity index is 548. The van der Waals surface area contributed by atoms with E-state index < -0.39 is 6.10 Å². The molecule has 0 spiro atoms. The average molecular weight is 320 g/mol. The third kappa shape index (κ3) is 6.22.